The molecule has 3 aliphatic rings. The topological polar surface area (TPSA) is 64.4 Å². The van der Waals surface area contributed by atoms with Crippen LogP contribution in [0.5, 0.6) is 0 Å². The fraction of sp³-hybridized carbons (Fsp3) is 0.440. The third kappa shape index (κ3) is 6.15. The summed E-state index contributed by atoms with van der Waals surface area (Å²) in [7, 11) is 0. The first kappa shape index (κ1) is 27.4. The molecule has 0 bridgehead atoms. The van der Waals surface area contributed by atoms with Crippen molar-refractivity contribution in [3.05, 3.63) is 71.3 Å². The number of halogens is 4. The van der Waals surface area contributed by atoms with Gasteiger partial charge in [0.25, 0.3) is 5.92 Å². The van der Waals surface area contributed by atoms with Gasteiger partial charge in [-0.1, -0.05) is 36.4 Å². The van der Waals surface area contributed by atoms with Crippen LogP contribution in [0.15, 0.2) is 36.4 Å². The number of likely N-dealkylation sites (tertiary alicyclic amines) is 2. The Kier molecular flexibility index (Phi) is 9.17. The molecule has 10 heteroatoms. The summed E-state index contributed by atoms with van der Waals surface area (Å²) in [6, 6.07) is 5.48. The molecule has 2 amide bonds. The van der Waals surface area contributed by atoms with E-state index in [4.69, 9.17) is 9.27 Å². The van der Waals surface area contributed by atoms with Crippen LogP contribution in [0.1, 0.15) is 30.4 Å². The molecule has 2 saturated heterocycles. The summed E-state index contributed by atoms with van der Waals surface area (Å²) in [5.41, 5.74) is 8.54. The molecule has 0 unspecified atom stereocenters. The fourth-order valence-electron chi connectivity index (χ4n) is 4.06. The van der Waals surface area contributed by atoms with Crippen LogP contribution >= 0.6 is 0 Å². The molecule has 3 fully saturated rings. The summed E-state index contributed by atoms with van der Waals surface area (Å²) in [6.07, 6.45) is 5.57. The Morgan fingerprint density at radius 1 is 1.09 bits per heavy atom. The Balaban J connectivity index is 0.000000622. The van der Waals surface area contributed by atoms with Crippen molar-refractivity contribution in [1.29, 1.82) is 0 Å². The number of hydrogen-bond donors (Lipinski definition) is 0. The van der Waals surface area contributed by atoms with Crippen LogP contribution in [-0.2, 0) is 28.5 Å². The first-order valence-corrected chi connectivity index (χ1v) is 12.4. The van der Waals surface area contributed by atoms with Crippen molar-refractivity contribution < 1.29 is 44.4 Å². The standard InChI is InChI=1S/C22H22F4N3O.C3H5.O.Os/c1-13-5-2-7-15(18(13)23)16-8-3-6-14(19(16)24)11-17-20(27)22(25,26)12-29(17)21(30)28-9-4-10-28;1-2-3-1;;/h2-3,5-8,17,20,27H,4,9-12H2,1H3;1H,2-3H2;;/q2*-1;;/t17-,20+;;;/m0.../s1. The number of amides is 2. The molecule has 1 saturated carbocycles. The number of rotatable bonds is 3. The van der Waals surface area contributed by atoms with Crippen molar-refractivity contribution in [2.75, 3.05) is 19.6 Å². The van der Waals surface area contributed by atoms with Crippen LogP contribution in [0.25, 0.3) is 16.9 Å². The summed E-state index contributed by atoms with van der Waals surface area (Å²) in [6.45, 7) is 1.71. The SMILES string of the molecule is Cc1cccc(-c2cccc(C[C@H]3[C@@H]([NH-])C(F)(F)CN3C(=O)N3CCC3)c2F)c1F.[CH-]1CC1.[O]=[Os]. The van der Waals surface area contributed by atoms with E-state index in [1.54, 1.807) is 19.1 Å². The monoisotopic (exact) mass is 669 g/mol. The van der Waals surface area contributed by atoms with E-state index in [0.29, 0.717) is 37.2 Å². The molecule has 5 rings (SSSR count). The predicted octanol–water partition coefficient (Wildman–Crippen LogP) is 5.91. The average molecular weight is 668 g/mol. The number of hydrogen-bond acceptors (Lipinski definition) is 2. The van der Waals surface area contributed by atoms with E-state index in [9.17, 15) is 18.0 Å². The van der Waals surface area contributed by atoms with Gasteiger partial charge in [-0.25, -0.2) is 35.2 Å². The van der Waals surface area contributed by atoms with Gasteiger partial charge in [-0.3, -0.25) is 0 Å². The number of alkyl halides is 2. The van der Waals surface area contributed by atoms with E-state index in [-0.39, 0.29) is 23.1 Å². The minimum absolute atomic E-state index is 0.0283. The minimum atomic E-state index is -3.37. The molecule has 0 aromatic heterocycles. The molecule has 0 spiro atoms. The molecule has 2 atom stereocenters. The molecule has 35 heavy (non-hydrogen) atoms. The molecule has 5 nitrogen and oxygen atoms in total. The van der Waals surface area contributed by atoms with Crippen LogP contribution in [0.4, 0.5) is 22.4 Å². The molecule has 1 aliphatic carbocycles. The maximum atomic E-state index is 15.3. The van der Waals surface area contributed by atoms with E-state index >= 15 is 4.39 Å². The fourth-order valence-corrected chi connectivity index (χ4v) is 4.06. The van der Waals surface area contributed by atoms with Crippen molar-refractivity contribution >= 4 is 6.03 Å². The third-order valence-electron chi connectivity index (χ3n) is 6.27. The zero-order chi connectivity index (χ0) is 25.8. The van der Waals surface area contributed by atoms with E-state index in [0.717, 1.165) is 11.3 Å². The summed E-state index contributed by atoms with van der Waals surface area (Å²) in [5, 5.41) is 0. The molecule has 2 aromatic carbocycles. The first-order chi connectivity index (χ1) is 16.7. The Morgan fingerprint density at radius 2 is 1.66 bits per heavy atom. The Bertz CT molecular complexity index is 1050. The van der Waals surface area contributed by atoms with Gasteiger partial charge >= 0.3 is 28.1 Å². The van der Waals surface area contributed by atoms with Crippen LogP contribution in [0.3, 0.4) is 0 Å². The normalized spacial score (nSPS) is 21.8. The molecular weight excluding hydrogens is 641 g/mol. The summed E-state index contributed by atoms with van der Waals surface area (Å²) in [5.74, 6) is -4.64. The molecule has 2 aromatic rings. The van der Waals surface area contributed by atoms with Crippen molar-refractivity contribution in [2.45, 2.75) is 50.6 Å². The summed E-state index contributed by atoms with van der Waals surface area (Å²) >= 11 is 0.611. The molecular formula is C25H27F4N3O2Os-2. The zero-order valence-corrected chi connectivity index (χ0v) is 21.8. The van der Waals surface area contributed by atoms with Crippen molar-refractivity contribution in [1.82, 2.24) is 9.80 Å². The zero-order valence-electron chi connectivity index (χ0n) is 19.2. The van der Waals surface area contributed by atoms with Gasteiger partial charge in [-0.2, -0.15) is 0 Å². The van der Waals surface area contributed by atoms with Gasteiger partial charge in [0, 0.05) is 30.3 Å². The number of urea groups is 1. The van der Waals surface area contributed by atoms with Crippen molar-refractivity contribution in [3.8, 4) is 11.1 Å². The van der Waals surface area contributed by atoms with E-state index in [1.807, 2.05) is 0 Å². The van der Waals surface area contributed by atoms with Crippen LogP contribution in [0.2, 0.25) is 0 Å². The summed E-state index contributed by atoms with van der Waals surface area (Å²) < 4.78 is 66.6. The van der Waals surface area contributed by atoms with Crippen molar-refractivity contribution in [3.63, 3.8) is 0 Å². The number of nitrogens with zero attached hydrogens (tertiary/aromatic N) is 2. The quantitative estimate of drug-likeness (QED) is 0.302. The molecule has 2 heterocycles. The van der Waals surface area contributed by atoms with Gasteiger partial charge < -0.3 is 22.0 Å². The maximum absolute atomic E-state index is 15.3. The Morgan fingerprint density at radius 3 is 2.20 bits per heavy atom. The molecule has 192 valence electrons. The van der Waals surface area contributed by atoms with Gasteiger partial charge in [0.1, 0.15) is 11.6 Å². The first-order valence-electron chi connectivity index (χ1n) is 11.3. The molecule has 2 aliphatic heterocycles. The number of benzene rings is 2. The van der Waals surface area contributed by atoms with Gasteiger partial charge in [0.15, 0.2) is 0 Å². The average Bonchev–Trinajstić information content (AvgIpc) is 3.66. The number of aryl methyl sites for hydroxylation is 1. The van der Waals surface area contributed by atoms with Crippen molar-refractivity contribution in [2.24, 2.45) is 0 Å². The van der Waals surface area contributed by atoms with Gasteiger partial charge in [-0.05, 0) is 36.9 Å². The second kappa shape index (κ2) is 11.7. The van der Waals surface area contributed by atoms with E-state index < -0.39 is 42.2 Å². The van der Waals surface area contributed by atoms with Gasteiger partial charge in [0.2, 0.25) is 0 Å². The van der Waals surface area contributed by atoms with Crippen LogP contribution in [0, 0.1) is 25.0 Å². The third-order valence-corrected chi connectivity index (χ3v) is 6.27. The number of nitrogens with one attached hydrogen (secondary N) is 1. The van der Waals surface area contributed by atoms with Crippen LogP contribution in [-0.4, -0.2) is 53.5 Å². The summed E-state index contributed by atoms with van der Waals surface area (Å²) in [4.78, 5) is 15.1. The predicted molar refractivity (Wildman–Crippen MR) is 120 cm³/mol. The van der Waals surface area contributed by atoms with Crippen LogP contribution < -0.4 is 0 Å². The van der Waals surface area contributed by atoms with E-state index in [2.05, 4.69) is 6.42 Å². The van der Waals surface area contributed by atoms with E-state index in [1.165, 1.54) is 42.0 Å². The molecule has 0 radical (unpaired) electrons. The van der Waals surface area contributed by atoms with Gasteiger partial charge in [0.05, 0.1) is 6.54 Å². The number of carbonyl (C=O) groups excluding carboxylic acids is 1. The van der Waals surface area contributed by atoms with Gasteiger partial charge in [-0.15, -0.1) is 0 Å². The Hall–Kier alpha value is -2.17. The number of carbonyl (C=O) groups is 1. The molecule has 1 N–H and O–H groups in total. The Labute approximate surface area is 212 Å². The second-order valence-electron chi connectivity index (χ2n) is 8.84. The second-order valence-corrected chi connectivity index (χ2v) is 8.84.